The lowest BCUT2D eigenvalue weighted by molar-refractivity contribution is -0.116. The molecule has 0 saturated heterocycles. The first-order valence-corrected chi connectivity index (χ1v) is 7.06. The number of anilines is 1. The molecule has 0 aromatic heterocycles. The molecule has 2 aliphatic heterocycles. The Labute approximate surface area is 129 Å². The van der Waals surface area contributed by atoms with Crippen molar-refractivity contribution in [1.82, 2.24) is 0 Å². The molecule has 0 radical (unpaired) electrons. The average molecular weight is 352 g/mol. The van der Waals surface area contributed by atoms with Crippen LogP contribution in [0.25, 0.3) is 0 Å². The normalized spacial score (nSPS) is 23.1. The first-order valence-electron chi connectivity index (χ1n) is 6.27. The Kier molecular flexibility index (Phi) is 2.91. The zero-order valence-electron chi connectivity index (χ0n) is 11.5. The van der Waals surface area contributed by atoms with Gasteiger partial charge in [-0.2, -0.15) is 0 Å². The third-order valence-corrected chi connectivity index (χ3v) is 3.90. The second-order valence-electron chi connectivity index (χ2n) is 5.05. The molecule has 0 bridgehead atoms. The Morgan fingerprint density at radius 2 is 2.10 bits per heavy atom. The van der Waals surface area contributed by atoms with Gasteiger partial charge in [0.25, 0.3) is 5.91 Å². The number of amides is 1. The third kappa shape index (κ3) is 2.04. The number of hydrogen-bond acceptors (Lipinski definition) is 5. The van der Waals surface area contributed by atoms with E-state index < -0.39 is 11.6 Å². The molecule has 5 N–H and O–H groups in total. The second-order valence-corrected chi connectivity index (χ2v) is 5.90. The van der Waals surface area contributed by atoms with Gasteiger partial charge in [0.15, 0.2) is 5.75 Å². The van der Waals surface area contributed by atoms with Gasteiger partial charge in [-0.3, -0.25) is 4.79 Å². The van der Waals surface area contributed by atoms with Crippen LogP contribution in [0.4, 0.5) is 5.69 Å². The highest BCUT2D eigenvalue weighted by Gasteiger charge is 2.48. The van der Waals surface area contributed by atoms with Crippen LogP contribution in [0.1, 0.15) is 12.5 Å². The van der Waals surface area contributed by atoms with Gasteiger partial charge in [0.1, 0.15) is 11.3 Å². The lowest BCUT2D eigenvalue weighted by Crippen LogP contribution is -2.48. The average Bonchev–Trinajstić information content (AvgIpc) is 2.65. The molecule has 7 heteroatoms. The van der Waals surface area contributed by atoms with E-state index in [1.54, 1.807) is 13.0 Å². The molecule has 3 rings (SSSR count). The number of nitrogens with two attached hydrogens (primary N) is 2. The summed E-state index contributed by atoms with van der Waals surface area (Å²) in [6, 6.07) is 3.84. The van der Waals surface area contributed by atoms with Crippen LogP contribution in [-0.2, 0) is 9.53 Å². The highest BCUT2D eigenvalue weighted by Crippen LogP contribution is 2.47. The monoisotopic (exact) mass is 351 g/mol. The molecule has 2 heterocycles. The number of halogens is 1. The van der Waals surface area contributed by atoms with E-state index in [2.05, 4.69) is 21.2 Å². The summed E-state index contributed by atoms with van der Waals surface area (Å²) >= 11 is 3.45. The van der Waals surface area contributed by atoms with E-state index in [1.165, 1.54) is 0 Å². The fourth-order valence-electron chi connectivity index (χ4n) is 2.59. The maximum atomic E-state index is 11.8. The number of hydrogen-bond donors (Lipinski definition) is 3. The molecular weight excluding hydrogens is 338 g/mol. The number of ether oxygens (including phenoxy) is 2. The van der Waals surface area contributed by atoms with Crippen molar-refractivity contribution in [3.8, 4) is 5.75 Å². The fraction of sp³-hybridized carbons (Fsp3) is 0.214. The van der Waals surface area contributed by atoms with Crippen molar-refractivity contribution in [2.75, 3.05) is 5.32 Å². The predicted molar refractivity (Wildman–Crippen MR) is 81.1 cm³/mol. The van der Waals surface area contributed by atoms with Gasteiger partial charge in [0.05, 0.1) is 10.2 Å². The molecule has 0 aliphatic carbocycles. The van der Waals surface area contributed by atoms with Crippen LogP contribution in [0.15, 0.2) is 39.9 Å². The number of allylic oxidation sites excluding steroid dienone is 1. The van der Waals surface area contributed by atoms with Crippen molar-refractivity contribution in [1.29, 1.82) is 0 Å². The number of aryl methyl sites for hydroxylation is 1. The first-order chi connectivity index (χ1) is 9.82. The lowest BCUT2D eigenvalue weighted by atomic mass is 9.99. The van der Waals surface area contributed by atoms with E-state index in [4.69, 9.17) is 20.9 Å². The van der Waals surface area contributed by atoms with E-state index >= 15 is 0 Å². The summed E-state index contributed by atoms with van der Waals surface area (Å²) in [5, 5.41) is 3.18. The summed E-state index contributed by atoms with van der Waals surface area (Å²) in [5.74, 6) is 0.351. The smallest absolute Gasteiger partial charge is 0.256 e. The van der Waals surface area contributed by atoms with E-state index in [0.717, 1.165) is 15.7 Å². The highest BCUT2D eigenvalue weighted by molar-refractivity contribution is 9.10. The Morgan fingerprint density at radius 3 is 2.76 bits per heavy atom. The zero-order chi connectivity index (χ0) is 15.4. The van der Waals surface area contributed by atoms with Crippen molar-refractivity contribution < 1.29 is 14.3 Å². The van der Waals surface area contributed by atoms with Gasteiger partial charge >= 0.3 is 0 Å². The number of benzene rings is 1. The molecule has 1 spiro atoms. The second kappa shape index (κ2) is 4.42. The Hall–Kier alpha value is -2.15. The summed E-state index contributed by atoms with van der Waals surface area (Å²) < 4.78 is 12.0. The van der Waals surface area contributed by atoms with Gasteiger partial charge < -0.3 is 26.3 Å². The van der Waals surface area contributed by atoms with Crippen LogP contribution in [-0.4, -0.2) is 11.6 Å². The molecule has 1 aromatic carbocycles. The van der Waals surface area contributed by atoms with Crippen molar-refractivity contribution in [2.24, 2.45) is 11.5 Å². The number of primary amides is 1. The molecule has 1 aromatic rings. The Bertz CT molecular complexity index is 726. The number of nitrogens with one attached hydrogen (secondary N) is 1. The highest BCUT2D eigenvalue weighted by atomic mass is 79.9. The van der Waals surface area contributed by atoms with Crippen LogP contribution in [0.5, 0.6) is 5.75 Å². The van der Waals surface area contributed by atoms with Gasteiger partial charge in [0.2, 0.25) is 11.6 Å². The van der Waals surface area contributed by atoms with Crippen molar-refractivity contribution >= 4 is 27.5 Å². The minimum Gasteiger partial charge on any atom is -0.456 e. The predicted octanol–water partition coefficient (Wildman–Crippen LogP) is 1.85. The van der Waals surface area contributed by atoms with E-state index in [0.29, 0.717) is 11.5 Å². The summed E-state index contributed by atoms with van der Waals surface area (Å²) in [6.07, 6.45) is 1.64. The van der Waals surface area contributed by atoms with Gasteiger partial charge in [-0.1, -0.05) is 0 Å². The molecule has 2 aliphatic rings. The minimum absolute atomic E-state index is 0.0499. The molecule has 1 atom stereocenters. The number of carbonyl (C=O) groups excluding carboxylic acids is 1. The molecule has 110 valence electrons. The van der Waals surface area contributed by atoms with Gasteiger partial charge in [-0.25, -0.2) is 0 Å². The molecule has 1 unspecified atom stereocenters. The van der Waals surface area contributed by atoms with E-state index in [1.807, 2.05) is 19.1 Å². The summed E-state index contributed by atoms with van der Waals surface area (Å²) in [7, 11) is 0. The van der Waals surface area contributed by atoms with Crippen LogP contribution < -0.4 is 21.5 Å². The fourth-order valence-corrected chi connectivity index (χ4v) is 3.25. The number of carbonyl (C=O) groups is 1. The van der Waals surface area contributed by atoms with Crippen LogP contribution >= 0.6 is 15.9 Å². The van der Waals surface area contributed by atoms with E-state index in [-0.39, 0.29) is 11.5 Å². The van der Waals surface area contributed by atoms with Crippen molar-refractivity contribution in [3.63, 3.8) is 0 Å². The molecule has 0 fully saturated rings. The lowest BCUT2D eigenvalue weighted by Gasteiger charge is -2.31. The molecule has 6 nitrogen and oxygen atoms in total. The first kappa shape index (κ1) is 13.8. The largest absolute Gasteiger partial charge is 0.456 e. The maximum absolute atomic E-state index is 11.8. The van der Waals surface area contributed by atoms with Crippen LogP contribution in [0.3, 0.4) is 0 Å². The molecule has 21 heavy (non-hydrogen) atoms. The molecule has 1 amide bonds. The third-order valence-electron chi connectivity index (χ3n) is 3.31. The Morgan fingerprint density at radius 1 is 1.38 bits per heavy atom. The summed E-state index contributed by atoms with van der Waals surface area (Å²) in [6.45, 7) is 3.68. The van der Waals surface area contributed by atoms with Crippen LogP contribution in [0, 0.1) is 6.92 Å². The van der Waals surface area contributed by atoms with Gasteiger partial charge in [0, 0.05) is 6.08 Å². The molecular formula is C14H14BrN3O3. The van der Waals surface area contributed by atoms with Crippen molar-refractivity contribution in [2.45, 2.75) is 19.6 Å². The Balaban J connectivity index is 2.16. The minimum atomic E-state index is -1.24. The topological polar surface area (TPSA) is 99.6 Å². The van der Waals surface area contributed by atoms with Crippen molar-refractivity contribution in [3.05, 3.63) is 45.5 Å². The standard InChI is InChI=1S/C14H14BrN3O3/c1-6-3-8(15)11-9(4-6)18-14(21-11)5-7(2)20-13(17)10(14)12(16)19/h3-5,18H,17H2,1-2H3,(H2,16,19). The number of fused-ring (bicyclic) bond motifs is 1. The molecule has 0 saturated carbocycles. The van der Waals surface area contributed by atoms with E-state index in [9.17, 15) is 4.79 Å². The summed E-state index contributed by atoms with van der Waals surface area (Å²) in [5.41, 5.74) is 11.9. The van der Waals surface area contributed by atoms with Gasteiger partial charge in [-0.15, -0.1) is 0 Å². The summed E-state index contributed by atoms with van der Waals surface area (Å²) in [4.78, 5) is 11.8. The number of rotatable bonds is 1. The zero-order valence-corrected chi connectivity index (χ0v) is 13.1. The quantitative estimate of drug-likeness (QED) is 0.716. The van der Waals surface area contributed by atoms with Gasteiger partial charge in [-0.05, 0) is 47.5 Å². The van der Waals surface area contributed by atoms with Crippen LogP contribution in [0.2, 0.25) is 0 Å². The maximum Gasteiger partial charge on any atom is 0.256 e. The SMILES string of the molecule is CC1=CC2(Nc3cc(C)cc(Br)c3O2)C(C(N)=O)=C(N)O1.